The van der Waals surface area contributed by atoms with Crippen LogP contribution in [-0.2, 0) is 6.42 Å². The van der Waals surface area contributed by atoms with Gasteiger partial charge >= 0.3 is 0 Å². The second kappa shape index (κ2) is 4.59. The van der Waals surface area contributed by atoms with E-state index in [2.05, 4.69) is 44.6 Å². The first kappa shape index (κ1) is 14.1. The highest BCUT2D eigenvalue weighted by Gasteiger charge is 2.66. The predicted molar refractivity (Wildman–Crippen MR) is 80.5 cm³/mol. The van der Waals surface area contributed by atoms with Gasteiger partial charge in [0.2, 0.25) is 0 Å². The van der Waals surface area contributed by atoms with E-state index in [1.54, 1.807) is 0 Å². The summed E-state index contributed by atoms with van der Waals surface area (Å²) in [6, 6.07) is 2.68. The molecule has 0 aromatic carbocycles. The molecule has 3 rings (SSSR count). The summed E-state index contributed by atoms with van der Waals surface area (Å²) in [5.74, 6) is 0.381. The molecule has 0 radical (unpaired) electrons. The van der Waals surface area contributed by atoms with Crippen molar-refractivity contribution >= 4 is 0 Å². The van der Waals surface area contributed by atoms with E-state index in [0.29, 0.717) is 18.4 Å². The molecule has 112 valence electrons. The lowest BCUT2D eigenvalue weighted by molar-refractivity contribution is 0.128. The first-order valence-corrected chi connectivity index (χ1v) is 8.06. The number of aromatic nitrogens is 2. The molecule has 0 aliphatic heterocycles. The van der Waals surface area contributed by atoms with Crippen LogP contribution < -0.4 is 0 Å². The topological polar surface area (TPSA) is 38.0 Å². The lowest BCUT2D eigenvalue weighted by Crippen LogP contribution is -2.18. The smallest absolute Gasteiger partial charge is 0.0650 e. The van der Waals surface area contributed by atoms with E-state index >= 15 is 0 Å². The van der Waals surface area contributed by atoms with Crippen molar-refractivity contribution in [3.63, 3.8) is 0 Å². The largest absolute Gasteiger partial charge is 0.392 e. The molecule has 1 N–H and O–H groups in total. The van der Waals surface area contributed by atoms with Gasteiger partial charge in [0.05, 0.1) is 17.8 Å². The van der Waals surface area contributed by atoms with Gasteiger partial charge in [0, 0.05) is 12.6 Å². The molecule has 1 heterocycles. The van der Waals surface area contributed by atoms with Crippen molar-refractivity contribution in [1.29, 1.82) is 0 Å². The van der Waals surface area contributed by atoms with Crippen LogP contribution in [0.5, 0.6) is 0 Å². The van der Waals surface area contributed by atoms with E-state index in [4.69, 9.17) is 5.10 Å². The maximum absolute atomic E-state index is 10.5. The summed E-state index contributed by atoms with van der Waals surface area (Å²) in [6.07, 6.45) is 7.68. The standard InChI is InChI=1S/C17H28N2O/c1-16(2)15(17(16,3)4)14(20)11-12-9-10-19(18-12)13-7-5-6-8-13/h9-10,13-15,20H,5-8,11H2,1-4H3. The minimum absolute atomic E-state index is 0.237. The third kappa shape index (κ3) is 2.11. The number of hydrogen-bond donors (Lipinski definition) is 1. The normalized spacial score (nSPS) is 26.9. The van der Waals surface area contributed by atoms with Crippen LogP contribution in [0.1, 0.15) is 65.1 Å². The molecule has 0 saturated heterocycles. The summed E-state index contributed by atoms with van der Waals surface area (Å²) in [7, 11) is 0. The quantitative estimate of drug-likeness (QED) is 0.912. The minimum Gasteiger partial charge on any atom is -0.392 e. The van der Waals surface area contributed by atoms with E-state index < -0.39 is 0 Å². The van der Waals surface area contributed by atoms with Gasteiger partial charge in [0.15, 0.2) is 0 Å². The van der Waals surface area contributed by atoms with E-state index in [1.807, 2.05) is 0 Å². The van der Waals surface area contributed by atoms with Crippen molar-refractivity contribution in [3.05, 3.63) is 18.0 Å². The molecule has 3 heteroatoms. The SMILES string of the molecule is CC1(C)C(C(O)Cc2ccn(C3CCCC3)n2)C1(C)C. The summed E-state index contributed by atoms with van der Waals surface area (Å²) in [4.78, 5) is 0. The number of hydrogen-bond acceptors (Lipinski definition) is 2. The van der Waals surface area contributed by atoms with Crippen LogP contribution in [0, 0.1) is 16.7 Å². The first-order valence-electron chi connectivity index (χ1n) is 8.06. The molecule has 3 nitrogen and oxygen atoms in total. The number of aliphatic hydroxyl groups excluding tert-OH is 1. The third-order valence-corrected chi connectivity index (χ3v) is 6.30. The Morgan fingerprint density at radius 1 is 1.25 bits per heavy atom. The monoisotopic (exact) mass is 276 g/mol. The Morgan fingerprint density at radius 2 is 1.85 bits per heavy atom. The molecule has 20 heavy (non-hydrogen) atoms. The molecule has 2 aliphatic rings. The molecule has 0 spiro atoms. The Kier molecular flexibility index (Phi) is 3.24. The van der Waals surface area contributed by atoms with Gasteiger partial charge in [0.25, 0.3) is 0 Å². The van der Waals surface area contributed by atoms with Crippen LogP contribution >= 0.6 is 0 Å². The lowest BCUT2D eigenvalue weighted by atomic mass is 10.0. The molecule has 2 aliphatic carbocycles. The van der Waals surface area contributed by atoms with Crippen LogP contribution in [0.2, 0.25) is 0 Å². The molecule has 2 saturated carbocycles. The van der Waals surface area contributed by atoms with Crippen molar-refractivity contribution in [2.24, 2.45) is 16.7 Å². The zero-order chi connectivity index (χ0) is 14.5. The lowest BCUT2D eigenvalue weighted by Gasteiger charge is -2.12. The molecule has 1 atom stereocenters. The van der Waals surface area contributed by atoms with Gasteiger partial charge in [-0.1, -0.05) is 40.5 Å². The third-order valence-electron chi connectivity index (χ3n) is 6.30. The highest BCUT2D eigenvalue weighted by molar-refractivity contribution is 5.16. The summed E-state index contributed by atoms with van der Waals surface area (Å²) < 4.78 is 2.12. The fraction of sp³-hybridized carbons (Fsp3) is 0.824. The Balaban J connectivity index is 1.64. The van der Waals surface area contributed by atoms with Gasteiger partial charge in [-0.15, -0.1) is 0 Å². The van der Waals surface area contributed by atoms with Gasteiger partial charge in [-0.3, -0.25) is 4.68 Å². The van der Waals surface area contributed by atoms with E-state index in [1.165, 1.54) is 25.7 Å². The zero-order valence-corrected chi connectivity index (χ0v) is 13.3. The first-order chi connectivity index (χ1) is 9.34. The Labute approximate surface area is 122 Å². The molecular formula is C17H28N2O. The zero-order valence-electron chi connectivity index (χ0n) is 13.3. The highest BCUT2D eigenvalue weighted by Crippen LogP contribution is 2.69. The number of aliphatic hydroxyl groups is 1. The Morgan fingerprint density at radius 3 is 2.40 bits per heavy atom. The average molecular weight is 276 g/mol. The Bertz CT molecular complexity index is 469. The van der Waals surface area contributed by atoms with Crippen LogP contribution in [0.15, 0.2) is 12.3 Å². The van der Waals surface area contributed by atoms with Crippen LogP contribution in [0.4, 0.5) is 0 Å². The summed E-state index contributed by atoms with van der Waals surface area (Å²) >= 11 is 0. The summed E-state index contributed by atoms with van der Waals surface area (Å²) in [5.41, 5.74) is 1.52. The van der Waals surface area contributed by atoms with Gasteiger partial charge in [-0.2, -0.15) is 5.10 Å². The molecule has 0 bridgehead atoms. The van der Waals surface area contributed by atoms with Gasteiger partial charge in [0.1, 0.15) is 0 Å². The van der Waals surface area contributed by atoms with Crippen LogP contribution in [0.3, 0.4) is 0 Å². The summed E-state index contributed by atoms with van der Waals surface area (Å²) in [5, 5.41) is 15.2. The number of nitrogens with zero attached hydrogens (tertiary/aromatic N) is 2. The highest BCUT2D eigenvalue weighted by atomic mass is 16.3. The van der Waals surface area contributed by atoms with Gasteiger partial charge in [-0.05, 0) is 35.7 Å². The van der Waals surface area contributed by atoms with E-state index in [0.717, 1.165) is 5.69 Å². The van der Waals surface area contributed by atoms with Crippen LogP contribution in [0.25, 0.3) is 0 Å². The van der Waals surface area contributed by atoms with E-state index in [-0.39, 0.29) is 16.9 Å². The average Bonchev–Trinajstić information content (AvgIpc) is 2.82. The molecule has 2 fully saturated rings. The minimum atomic E-state index is -0.271. The van der Waals surface area contributed by atoms with Gasteiger partial charge < -0.3 is 5.11 Å². The Hall–Kier alpha value is -0.830. The maximum Gasteiger partial charge on any atom is 0.0650 e. The van der Waals surface area contributed by atoms with Crippen molar-refractivity contribution in [2.45, 2.75) is 71.9 Å². The second-order valence-electron chi connectivity index (χ2n) is 7.92. The van der Waals surface area contributed by atoms with Crippen LogP contribution in [-0.4, -0.2) is 21.0 Å². The van der Waals surface area contributed by atoms with Crippen molar-refractivity contribution in [2.75, 3.05) is 0 Å². The number of rotatable bonds is 4. The summed E-state index contributed by atoms with van der Waals surface area (Å²) in [6.45, 7) is 9.05. The predicted octanol–water partition coefficient (Wildman–Crippen LogP) is 3.58. The van der Waals surface area contributed by atoms with Crippen molar-refractivity contribution in [3.8, 4) is 0 Å². The fourth-order valence-electron chi connectivity index (χ4n) is 4.40. The molecule has 1 unspecified atom stereocenters. The van der Waals surface area contributed by atoms with Gasteiger partial charge in [-0.25, -0.2) is 0 Å². The fourth-order valence-corrected chi connectivity index (χ4v) is 4.40. The van der Waals surface area contributed by atoms with E-state index in [9.17, 15) is 5.11 Å². The molecule has 0 amide bonds. The molecule has 1 aromatic heterocycles. The molecular weight excluding hydrogens is 248 g/mol. The second-order valence-corrected chi connectivity index (χ2v) is 7.92. The molecule has 1 aromatic rings. The van der Waals surface area contributed by atoms with Crippen molar-refractivity contribution in [1.82, 2.24) is 9.78 Å². The maximum atomic E-state index is 10.5. The van der Waals surface area contributed by atoms with Crippen molar-refractivity contribution < 1.29 is 5.11 Å².